The zero-order valence-electron chi connectivity index (χ0n) is 13.9. The number of aromatic nitrogens is 2. The summed E-state index contributed by atoms with van der Waals surface area (Å²) in [5.41, 5.74) is 0.953. The summed E-state index contributed by atoms with van der Waals surface area (Å²) >= 11 is 0. The van der Waals surface area contributed by atoms with E-state index in [0.717, 1.165) is 38.5 Å². The molecule has 2 aliphatic heterocycles. The molecule has 0 aliphatic carbocycles. The number of hydrogen-bond acceptors (Lipinski definition) is 4. The lowest BCUT2D eigenvalue weighted by molar-refractivity contribution is 0.0177. The monoisotopic (exact) mass is 305 g/mol. The highest BCUT2D eigenvalue weighted by Gasteiger charge is 2.30. The van der Waals surface area contributed by atoms with Crippen LogP contribution in [0.5, 0.6) is 0 Å². The summed E-state index contributed by atoms with van der Waals surface area (Å²) in [5.74, 6) is 0.529. The van der Waals surface area contributed by atoms with Gasteiger partial charge in [-0.3, -0.25) is 9.69 Å². The first-order chi connectivity index (χ1) is 10.4. The minimum Gasteiger partial charge on any atom is -0.377 e. The van der Waals surface area contributed by atoms with E-state index in [1.54, 1.807) is 10.7 Å². The van der Waals surface area contributed by atoms with Crippen LogP contribution in [0.3, 0.4) is 0 Å². The maximum atomic E-state index is 12.0. The van der Waals surface area contributed by atoms with E-state index in [9.17, 15) is 4.79 Å². The first kappa shape index (κ1) is 15.7. The van der Waals surface area contributed by atoms with E-state index in [-0.39, 0.29) is 11.0 Å². The predicted molar refractivity (Wildman–Crippen MR) is 86.1 cm³/mol. The lowest BCUT2D eigenvalue weighted by Crippen LogP contribution is -2.51. The molecule has 2 fully saturated rings. The van der Waals surface area contributed by atoms with Gasteiger partial charge in [0.05, 0.1) is 18.3 Å². The third kappa shape index (κ3) is 3.58. The van der Waals surface area contributed by atoms with E-state index in [4.69, 9.17) is 4.74 Å². The Hall–Kier alpha value is -1.20. The van der Waals surface area contributed by atoms with Crippen LogP contribution in [0, 0.1) is 5.92 Å². The second-order valence-electron chi connectivity index (χ2n) is 7.71. The van der Waals surface area contributed by atoms with Crippen molar-refractivity contribution in [2.75, 3.05) is 26.2 Å². The lowest BCUT2D eigenvalue weighted by Gasteiger charge is -2.40. The molecule has 22 heavy (non-hydrogen) atoms. The summed E-state index contributed by atoms with van der Waals surface area (Å²) in [4.78, 5) is 14.4. The van der Waals surface area contributed by atoms with E-state index in [1.807, 2.05) is 6.07 Å². The highest BCUT2D eigenvalue weighted by Crippen LogP contribution is 2.22. The molecule has 1 unspecified atom stereocenters. The van der Waals surface area contributed by atoms with Crippen molar-refractivity contribution in [2.24, 2.45) is 5.92 Å². The summed E-state index contributed by atoms with van der Waals surface area (Å²) < 4.78 is 7.32. The van der Waals surface area contributed by atoms with Gasteiger partial charge in [0.2, 0.25) is 0 Å². The molecule has 2 saturated heterocycles. The van der Waals surface area contributed by atoms with Crippen LogP contribution >= 0.6 is 0 Å². The van der Waals surface area contributed by atoms with Gasteiger partial charge in [0, 0.05) is 43.6 Å². The predicted octanol–water partition coefficient (Wildman–Crippen LogP) is 1.65. The van der Waals surface area contributed by atoms with Crippen molar-refractivity contribution in [2.45, 2.75) is 51.7 Å². The molecule has 0 N–H and O–H groups in total. The first-order valence-corrected chi connectivity index (χ1v) is 8.34. The average molecular weight is 305 g/mol. The van der Waals surface area contributed by atoms with E-state index in [2.05, 4.69) is 30.8 Å². The van der Waals surface area contributed by atoms with Gasteiger partial charge >= 0.3 is 0 Å². The fourth-order valence-corrected chi connectivity index (χ4v) is 3.24. The van der Waals surface area contributed by atoms with Crippen molar-refractivity contribution in [1.82, 2.24) is 14.7 Å². The molecule has 3 heterocycles. The Morgan fingerprint density at radius 3 is 2.68 bits per heavy atom. The summed E-state index contributed by atoms with van der Waals surface area (Å²) in [6, 6.07) is 3.50. The molecular weight excluding hydrogens is 278 g/mol. The Morgan fingerprint density at radius 2 is 2.05 bits per heavy atom. The summed E-state index contributed by atoms with van der Waals surface area (Å²) in [6.45, 7) is 11.2. The Labute approximate surface area is 132 Å². The average Bonchev–Trinajstić information content (AvgIpc) is 2.90. The largest absolute Gasteiger partial charge is 0.377 e. The Morgan fingerprint density at radius 1 is 1.27 bits per heavy atom. The van der Waals surface area contributed by atoms with Crippen LogP contribution in [0.1, 0.15) is 39.3 Å². The minimum atomic E-state index is -0.0269. The minimum absolute atomic E-state index is 0.00516. The zero-order chi connectivity index (χ0) is 15.7. The second kappa shape index (κ2) is 6.13. The number of likely N-dealkylation sites (tertiary alicyclic amines) is 1. The van der Waals surface area contributed by atoms with Crippen molar-refractivity contribution >= 4 is 0 Å². The Kier molecular flexibility index (Phi) is 4.37. The van der Waals surface area contributed by atoms with Crippen LogP contribution in [0.2, 0.25) is 0 Å². The maximum absolute atomic E-state index is 12.0. The van der Waals surface area contributed by atoms with Crippen LogP contribution in [0.4, 0.5) is 0 Å². The van der Waals surface area contributed by atoms with Crippen LogP contribution in [-0.4, -0.2) is 47.0 Å². The van der Waals surface area contributed by atoms with Crippen molar-refractivity contribution in [3.63, 3.8) is 0 Å². The molecule has 1 aromatic heterocycles. The van der Waals surface area contributed by atoms with E-state index >= 15 is 0 Å². The molecule has 0 bridgehead atoms. The van der Waals surface area contributed by atoms with Gasteiger partial charge in [-0.25, -0.2) is 4.68 Å². The third-order valence-corrected chi connectivity index (χ3v) is 4.58. The standard InChI is InChI=1S/C17H27N3O2/c1-17(2,3)15-6-7-16(21)20(18-15)11-13-9-19(10-13)12-14-5-4-8-22-14/h6-7,13-14H,4-5,8-12H2,1-3H3. The number of hydrogen-bond donors (Lipinski definition) is 0. The summed E-state index contributed by atoms with van der Waals surface area (Å²) in [7, 11) is 0. The molecule has 122 valence electrons. The maximum Gasteiger partial charge on any atom is 0.266 e. The topological polar surface area (TPSA) is 47.4 Å². The molecule has 0 saturated carbocycles. The molecular formula is C17H27N3O2. The smallest absolute Gasteiger partial charge is 0.266 e. The van der Waals surface area contributed by atoms with Gasteiger partial charge in [0.25, 0.3) is 5.56 Å². The van der Waals surface area contributed by atoms with Gasteiger partial charge < -0.3 is 4.74 Å². The molecule has 0 spiro atoms. The van der Waals surface area contributed by atoms with Gasteiger partial charge in [0.1, 0.15) is 0 Å². The van der Waals surface area contributed by atoms with Gasteiger partial charge in [0.15, 0.2) is 0 Å². The zero-order valence-corrected chi connectivity index (χ0v) is 13.9. The highest BCUT2D eigenvalue weighted by atomic mass is 16.5. The van der Waals surface area contributed by atoms with Crippen molar-refractivity contribution in [3.05, 3.63) is 28.2 Å². The number of ether oxygens (including phenoxy) is 1. The Bertz CT molecular complexity index is 564. The Balaban J connectivity index is 1.55. The van der Waals surface area contributed by atoms with Crippen molar-refractivity contribution in [3.8, 4) is 0 Å². The molecule has 3 rings (SSSR count). The third-order valence-electron chi connectivity index (χ3n) is 4.58. The lowest BCUT2D eigenvalue weighted by atomic mass is 9.92. The van der Waals surface area contributed by atoms with Crippen LogP contribution < -0.4 is 5.56 Å². The second-order valence-corrected chi connectivity index (χ2v) is 7.71. The quantitative estimate of drug-likeness (QED) is 0.849. The van der Waals surface area contributed by atoms with E-state index in [1.165, 1.54) is 12.8 Å². The molecule has 1 atom stereocenters. The molecule has 0 aromatic carbocycles. The highest BCUT2D eigenvalue weighted by molar-refractivity contribution is 5.10. The van der Waals surface area contributed by atoms with Gasteiger partial charge in [-0.1, -0.05) is 20.8 Å². The number of rotatable bonds is 4. The van der Waals surface area contributed by atoms with E-state index < -0.39 is 0 Å². The fraction of sp³-hybridized carbons (Fsp3) is 0.765. The van der Waals surface area contributed by atoms with Crippen LogP contribution in [0.15, 0.2) is 16.9 Å². The molecule has 0 amide bonds. The summed E-state index contributed by atoms with van der Waals surface area (Å²) in [6.07, 6.45) is 2.81. The van der Waals surface area contributed by atoms with Gasteiger partial charge in [-0.15, -0.1) is 0 Å². The van der Waals surface area contributed by atoms with Crippen LogP contribution in [-0.2, 0) is 16.7 Å². The van der Waals surface area contributed by atoms with Crippen LogP contribution in [0.25, 0.3) is 0 Å². The van der Waals surface area contributed by atoms with Gasteiger partial charge in [-0.2, -0.15) is 5.10 Å². The van der Waals surface area contributed by atoms with Crippen molar-refractivity contribution < 1.29 is 4.74 Å². The molecule has 0 radical (unpaired) electrons. The number of nitrogens with zero attached hydrogens (tertiary/aromatic N) is 3. The van der Waals surface area contributed by atoms with Gasteiger partial charge in [-0.05, 0) is 18.9 Å². The molecule has 2 aliphatic rings. The molecule has 1 aromatic rings. The SMILES string of the molecule is CC(C)(C)c1ccc(=O)n(CC2CN(CC3CCCO3)C2)n1. The normalized spacial score (nSPS) is 23.7. The molecule has 5 nitrogen and oxygen atoms in total. The van der Waals surface area contributed by atoms with E-state index in [0.29, 0.717) is 12.0 Å². The molecule has 5 heteroatoms. The first-order valence-electron chi connectivity index (χ1n) is 8.34. The fourth-order valence-electron chi connectivity index (χ4n) is 3.24. The summed E-state index contributed by atoms with van der Waals surface area (Å²) in [5, 5.41) is 4.55. The van der Waals surface area contributed by atoms with Crippen molar-refractivity contribution in [1.29, 1.82) is 0 Å².